The summed E-state index contributed by atoms with van der Waals surface area (Å²) < 4.78 is 10.1. The second-order valence-electron chi connectivity index (χ2n) is 4.74. The molecule has 0 aliphatic heterocycles. The Balaban J connectivity index is 3.52. The summed E-state index contributed by atoms with van der Waals surface area (Å²) >= 11 is 0. The second kappa shape index (κ2) is 7.11. The fourth-order valence-corrected chi connectivity index (χ4v) is 0.871. The van der Waals surface area contributed by atoms with Gasteiger partial charge in [-0.15, -0.1) is 0 Å². The molecule has 0 aliphatic rings. The van der Waals surface area contributed by atoms with Gasteiger partial charge in [-0.2, -0.15) is 0 Å². The van der Waals surface area contributed by atoms with E-state index in [0.717, 1.165) is 0 Å². The Hall–Kier alpha value is -1.30. The number of rotatable bonds is 6. The molecular weight excluding hydrogens is 226 g/mol. The highest BCUT2D eigenvalue weighted by atomic mass is 16.6. The lowest BCUT2D eigenvalue weighted by Crippen LogP contribution is -2.34. The normalized spacial score (nSPS) is 12.9. The minimum absolute atomic E-state index is 0.130. The number of ether oxygens (including phenoxy) is 2. The molecule has 0 heterocycles. The van der Waals surface area contributed by atoms with Gasteiger partial charge in [0, 0.05) is 6.54 Å². The van der Waals surface area contributed by atoms with Crippen LogP contribution in [0.4, 0.5) is 4.79 Å². The smallest absolute Gasteiger partial charge is 0.407 e. The molecule has 0 aromatic carbocycles. The summed E-state index contributed by atoms with van der Waals surface area (Å²) in [6, 6.07) is 0. The van der Waals surface area contributed by atoms with Gasteiger partial charge in [0.05, 0.1) is 19.1 Å². The van der Waals surface area contributed by atoms with Crippen molar-refractivity contribution in [3.05, 3.63) is 0 Å². The molecule has 0 aromatic rings. The van der Waals surface area contributed by atoms with Crippen molar-refractivity contribution in [1.82, 2.24) is 5.32 Å². The van der Waals surface area contributed by atoms with E-state index in [1.165, 1.54) is 0 Å². The van der Waals surface area contributed by atoms with E-state index in [4.69, 9.17) is 14.6 Å². The van der Waals surface area contributed by atoms with Crippen LogP contribution in [-0.4, -0.2) is 42.5 Å². The maximum absolute atomic E-state index is 11.2. The maximum atomic E-state index is 11.2. The van der Waals surface area contributed by atoms with Gasteiger partial charge in [-0.05, 0) is 27.7 Å². The number of alkyl carbamates (subject to hydrolysis) is 1. The van der Waals surface area contributed by atoms with Crippen LogP contribution in [0.15, 0.2) is 0 Å². The Kier molecular flexibility index (Phi) is 6.57. The third kappa shape index (κ3) is 9.62. The highest BCUT2D eigenvalue weighted by Crippen LogP contribution is 2.06. The van der Waals surface area contributed by atoms with Crippen molar-refractivity contribution in [2.24, 2.45) is 5.92 Å². The molecule has 2 N–H and O–H groups in total. The molecule has 0 rings (SSSR count). The van der Waals surface area contributed by atoms with Gasteiger partial charge in [0.1, 0.15) is 5.60 Å². The van der Waals surface area contributed by atoms with Crippen LogP contribution < -0.4 is 5.32 Å². The SMILES string of the molecule is CC(COCCNC(=O)OC(C)(C)C)C(=O)O. The van der Waals surface area contributed by atoms with E-state index in [2.05, 4.69) is 5.32 Å². The van der Waals surface area contributed by atoms with Crippen molar-refractivity contribution >= 4 is 12.1 Å². The van der Waals surface area contributed by atoms with E-state index in [1.807, 2.05) is 0 Å². The van der Waals surface area contributed by atoms with Crippen LogP contribution in [0.3, 0.4) is 0 Å². The second-order valence-corrected chi connectivity index (χ2v) is 4.74. The van der Waals surface area contributed by atoms with Crippen LogP contribution in [0.25, 0.3) is 0 Å². The van der Waals surface area contributed by atoms with Crippen LogP contribution in [-0.2, 0) is 14.3 Å². The minimum atomic E-state index is -0.898. The molecule has 1 unspecified atom stereocenters. The Morgan fingerprint density at radius 3 is 2.41 bits per heavy atom. The lowest BCUT2D eigenvalue weighted by Gasteiger charge is -2.19. The van der Waals surface area contributed by atoms with Crippen LogP contribution in [0.5, 0.6) is 0 Å². The quantitative estimate of drug-likeness (QED) is 0.690. The van der Waals surface area contributed by atoms with E-state index in [1.54, 1.807) is 27.7 Å². The van der Waals surface area contributed by atoms with E-state index in [0.29, 0.717) is 6.54 Å². The Bertz CT molecular complexity index is 259. The molecule has 100 valence electrons. The number of amides is 1. The van der Waals surface area contributed by atoms with E-state index in [9.17, 15) is 9.59 Å². The summed E-state index contributed by atoms with van der Waals surface area (Å²) in [5.41, 5.74) is -0.525. The summed E-state index contributed by atoms with van der Waals surface area (Å²) in [6.45, 7) is 7.57. The number of nitrogens with one attached hydrogen (secondary N) is 1. The number of carboxylic acids is 1. The minimum Gasteiger partial charge on any atom is -0.481 e. The third-order valence-corrected chi connectivity index (χ3v) is 1.70. The zero-order valence-electron chi connectivity index (χ0n) is 10.8. The first-order valence-electron chi connectivity index (χ1n) is 5.50. The van der Waals surface area contributed by atoms with Crippen molar-refractivity contribution in [3.63, 3.8) is 0 Å². The summed E-state index contributed by atoms with van der Waals surface area (Å²) in [5, 5.41) is 11.1. The maximum Gasteiger partial charge on any atom is 0.407 e. The zero-order chi connectivity index (χ0) is 13.5. The van der Waals surface area contributed by atoms with E-state index in [-0.39, 0.29) is 13.2 Å². The largest absolute Gasteiger partial charge is 0.481 e. The molecule has 0 bridgehead atoms. The zero-order valence-corrected chi connectivity index (χ0v) is 10.8. The number of carbonyl (C=O) groups is 2. The van der Waals surface area contributed by atoms with Gasteiger partial charge in [-0.25, -0.2) is 4.79 Å². The number of aliphatic carboxylic acids is 1. The van der Waals surface area contributed by atoms with Crippen molar-refractivity contribution < 1.29 is 24.2 Å². The number of hydrogen-bond donors (Lipinski definition) is 2. The Labute approximate surface area is 101 Å². The van der Waals surface area contributed by atoms with Crippen molar-refractivity contribution in [3.8, 4) is 0 Å². The molecule has 0 radical (unpaired) electrons. The Morgan fingerprint density at radius 1 is 1.35 bits per heavy atom. The van der Waals surface area contributed by atoms with E-state index < -0.39 is 23.6 Å². The van der Waals surface area contributed by atoms with Crippen molar-refractivity contribution in [2.45, 2.75) is 33.3 Å². The average Bonchev–Trinajstić information content (AvgIpc) is 2.13. The molecule has 0 aliphatic carbocycles. The number of carboxylic acid groups (broad SMARTS) is 1. The van der Waals surface area contributed by atoms with Crippen LogP contribution >= 0.6 is 0 Å². The molecule has 0 saturated heterocycles. The summed E-state index contributed by atoms with van der Waals surface area (Å²) in [5.74, 6) is -1.44. The van der Waals surface area contributed by atoms with Gasteiger partial charge in [0.25, 0.3) is 0 Å². The van der Waals surface area contributed by atoms with Crippen LogP contribution in [0.1, 0.15) is 27.7 Å². The molecule has 1 amide bonds. The Morgan fingerprint density at radius 2 is 1.94 bits per heavy atom. The summed E-state index contributed by atoms with van der Waals surface area (Å²) in [6.07, 6.45) is -0.507. The molecule has 0 spiro atoms. The average molecular weight is 247 g/mol. The fourth-order valence-electron chi connectivity index (χ4n) is 0.871. The standard InChI is InChI=1S/C11H21NO5/c1-8(9(13)14)7-16-6-5-12-10(15)17-11(2,3)4/h8H,5-7H2,1-4H3,(H,12,15)(H,13,14). The van der Waals surface area contributed by atoms with Crippen LogP contribution in [0, 0.1) is 5.92 Å². The topological polar surface area (TPSA) is 84.9 Å². The molecular formula is C11H21NO5. The van der Waals surface area contributed by atoms with Gasteiger partial charge in [0.15, 0.2) is 0 Å². The van der Waals surface area contributed by atoms with Gasteiger partial charge >= 0.3 is 12.1 Å². The molecule has 0 saturated carbocycles. The molecule has 0 fully saturated rings. The summed E-state index contributed by atoms with van der Waals surface area (Å²) in [7, 11) is 0. The van der Waals surface area contributed by atoms with Gasteiger partial charge in [-0.3, -0.25) is 4.79 Å². The third-order valence-electron chi connectivity index (χ3n) is 1.70. The van der Waals surface area contributed by atoms with Gasteiger partial charge in [0.2, 0.25) is 0 Å². The fraction of sp³-hybridized carbons (Fsp3) is 0.818. The predicted octanol–water partition coefficient (Wildman–Crippen LogP) is 1.25. The lowest BCUT2D eigenvalue weighted by molar-refractivity contribution is -0.143. The number of hydrogen-bond acceptors (Lipinski definition) is 4. The molecule has 6 nitrogen and oxygen atoms in total. The first-order chi connectivity index (χ1) is 7.72. The lowest BCUT2D eigenvalue weighted by atomic mass is 10.2. The predicted molar refractivity (Wildman–Crippen MR) is 61.9 cm³/mol. The van der Waals surface area contributed by atoms with Crippen LogP contribution in [0.2, 0.25) is 0 Å². The number of carbonyl (C=O) groups excluding carboxylic acids is 1. The first kappa shape index (κ1) is 15.7. The van der Waals surface area contributed by atoms with Gasteiger partial charge < -0.3 is 19.9 Å². The molecule has 17 heavy (non-hydrogen) atoms. The molecule has 1 atom stereocenters. The highest BCUT2D eigenvalue weighted by molar-refractivity contribution is 5.69. The van der Waals surface area contributed by atoms with Crippen molar-refractivity contribution in [1.29, 1.82) is 0 Å². The van der Waals surface area contributed by atoms with Crippen molar-refractivity contribution in [2.75, 3.05) is 19.8 Å². The highest BCUT2D eigenvalue weighted by Gasteiger charge is 2.15. The van der Waals surface area contributed by atoms with E-state index >= 15 is 0 Å². The summed E-state index contributed by atoms with van der Waals surface area (Å²) in [4.78, 5) is 21.6. The monoisotopic (exact) mass is 247 g/mol. The molecule has 6 heteroatoms. The van der Waals surface area contributed by atoms with Gasteiger partial charge in [-0.1, -0.05) is 0 Å². The first-order valence-corrected chi connectivity index (χ1v) is 5.50. The molecule has 0 aromatic heterocycles.